The van der Waals surface area contributed by atoms with Crippen LogP contribution in [0.15, 0.2) is 42.5 Å². The first-order valence-electron chi connectivity index (χ1n) is 7.60. The highest BCUT2D eigenvalue weighted by Gasteiger charge is 2.10. The average molecular weight is 367 g/mol. The van der Waals surface area contributed by atoms with Crippen LogP contribution in [0.5, 0.6) is 17.2 Å². The normalized spacial score (nSPS) is 9.72. The van der Waals surface area contributed by atoms with E-state index in [1.54, 1.807) is 56.7 Å². The SMILES string of the molecule is COc1ccc(OC)c(CC(=O)Nc2ccc(OCCN)cc2)c1.Cl. The molecule has 0 aliphatic rings. The Labute approximate surface area is 153 Å². The summed E-state index contributed by atoms with van der Waals surface area (Å²) in [5, 5.41) is 2.85. The van der Waals surface area contributed by atoms with Gasteiger partial charge < -0.3 is 25.3 Å². The lowest BCUT2D eigenvalue weighted by Gasteiger charge is -2.11. The average Bonchev–Trinajstić information content (AvgIpc) is 2.61. The minimum absolute atomic E-state index is 0. The standard InChI is InChI=1S/C18H22N2O4.ClH/c1-22-16-7-8-17(23-2)13(11-16)12-18(21)20-14-3-5-15(6-4-14)24-10-9-19;/h3-8,11H,9-10,12,19H2,1-2H3,(H,20,21);1H. The van der Waals surface area contributed by atoms with Gasteiger partial charge in [-0.3, -0.25) is 4.79 Å². The van der Waals surface area contributed by atoms with Gasteiger partial charge in [0, 0.05) is 17.8 Å². The number of rotatable bonds is 8. The van der Waals surface area contributed by atoms with E-state index in [1.165, 1.54) is 0 Å². The number of carbonyl (C=O) groups excluding carboxylic acids is 1. The summed E-state index contributed by atoms with van der Waals surface area (Å²) in [4.78, 5) is 12.3. The highest BCUT2D eigenvalue weighted by atomic mass is 35.5. The van der Waals surface area contributed by atoms with Crippen LogP contribution in [-0.4, -0.2) is 33.3 Å². The zero-order valence-corrected chi connectivity index (χ0v) is 15.1. The van der Waals surface area contributed by atoms with Crippen LogP contribution < -0.4 is 25.3 Å². The Hall–Kier alpha value is -2.44. The lowest BCUT2D eigenvalue weighted by Crippen LogP contribution is -2.15. The highest BCUT2D eigenvalue weighted by molar-refractivity contribution is 5.92. The maximum Gasteiger partial charge on any atom is 0.228 e. The number of carbonyl (C=O) groups is 1. The summed E-state index contributed by atoms with van der Waals surface area (Å²) in [6.07, 6.45) is 0.186. The molecule has 0 atom stereocenters. The minimum Gasteiger partial charge on any atom is -0.497 e. The molecule has 1 amide bonds. The van der Waals surface area contributed by atoms with E-state index in [0.29, 0.717) is 36.1 Å². The lowest BCUT2D eigenvalue weighted by molar-refractivity contribution is -0.115. The van der Waals surface area contributed by atoms with E-state index in [0.717, 1.165) is 5.56 Å². The fourth-order valence-electron chi connectivity index (χ4n) is 2.21. The van der Waals surface area contributed by atoms with Crippen molar-refractivity contribution < 1.29 is 19.0 Å². The molecular formula is C18H23ClN2O4. The molecule has 0 spiro atoms. The smallest absolute Gasteiger partial charge is 0.228 e. The van der Waals surface area contributed by atoms with E-state index < -0.39 is 0 Å². The first-order valence-corrected chi connectivity index (χ1v) is 7.60. The molecule has 0 aliphatic carbocycles. The van der Waals surface area contributed by atoms with E-state index in [4.69, 9.17) is 19.9 Å². The Balaban J connectivity index is 0.00000312. The third kappa shape index (κ3) is 6.17. The van der Waals surface area contributed by atoms with Gasteiger partial charge in [-0.1, -0.05) is 0 Å². The first kappa shape index (κ1) is 20.6. The third-order valence-corrected chi connectivity index (χ3v) is 3.36. The summed E-state index contributed by atoms with van der Waals surface area (Å²) in [6, 6.07) is 12.5. The van der Waals surface area contributed by atoms with Crippen LogP contribution in [0.3, 0.4) is 0 Å². The predicted molar refractivity (Wildman–Crippen MR) is 100 cm³/mol. The van der Waals surface area contributed by atoms with Gasteiger partial charge in [-0.2, -0.15) is 0 Å². The maximum atomic E-state index is 12.3. The van der Waals surface area contributed by atoms with Gasteiger partial charge in [0.05, 0.1) is 20.6 Å². The molecule has 25 heavy (non-hydrogen) atoms. The molecule has 2 rings (SSSR count). The van der Waals surface area contributed by atoms with Gasteiger partial charge in [0.2, 0.25) is 5.91 Å². The van der Waals surface area contributed by atoms with Crippen LogP contribution in [0.4, 0.5) is 5.69 Å². The number of nitrogens with one attached hydrogen (secondary N) is 1. The molecule has 0 unspecified atom stereocenters. The summed E-state index contributed by atoms with van der Waals surface area (Å²) >= 11 is 0. The van der Waals surface area contributed by atoms with Crippen molar-refractivity contribution >= 4 is 24.0 Å². The van der Waals surface area contributed by atoms with Crippen molar-refractivity contribution in [1.29, 1.82) is 0 Å². The second kappa shape index (κ2) is 10.4. The van der Waals surface area contributed by atoms with Crippen LogP contribution in [-0.2, 0) is 11.2 Å². The Morgan fingerprint density at radius 1 is 1.04 bits per heavy atom. The molecule has 3 N–H and O–H groups in total. The molecule has 2 aromatic rings. The molecule has 0 saturated heterocycles. The number of hydrogen-bond donors (Lipinski definition) is 2. The molecule has 0 saturated carbocycles. The van der Waals surface area contributed by atoms with Crippen molar-refractivity contribution in [3.63, 3.8) is 0 Å². The first-order chi connectivity index (χ1) is 11.7. The van der Waals surface area contributed by atoms with E-state index in [9.17, 15) is 4.79 Å². The number of hydrogen-bond acceptors (Lipinski definition) is 5. The quantitative estimate of drug-likeness (QED) is 0.750. The summed E-state index contributed by atoms with van der Waals surface area (Å²) in [7, 11) is 3.16. The zero-order chi connectivity index (χ0) is 17.4. The second-order valence-electron chi connectivity index (χ2n) is 5.06. The van der Waals surface area contributed by atoms with Crippen LogP contribution in [0, 0.1) is 0 Å². The molecule has 6 nitrogen and oxygen atoms in total. The van der Waals surface area contributed by atoms with E-state index >= 15 is 0 Å². The van der Waals surface area contributed by atoms with Gasteiger partial charge in [0.1, 0.15) is 23.9 Å². The van der Waals surface area contributed by atoms with Gasteiger partial charge in [0.25, 0.3) is 0 Å². The monoisotopic (exact) mass is 366 g/mol. The number of nitrogens with two attached hydrogens (primary N) is 1. The van der Waals surface area contributed by atoms with Crippen LogP contribution >= 0.6 is 12.4 Å². The van der Waals surface area contributed by atoms with Gasteiger partial charge in [0.15, 0.2) is 0 Å². The number of benzene rings is 2. The van der Waals surface area contributed by atoms with E-state index in [-0.39, 0.29) is 24.7 Å². The van der Waals surface area contributed by atoms with Crippen molar-refractivity contribution in [3.8, 4) is 17.2 Å². The molecular weight excluding hydrogens is 344 g/mol. The minimum atomic E-state index is -0.142. The van der Waals surface area contributed by atoms with E-state index in [2.05, 4.69) is 5.32 Å². The highest BCUT2D eigenvalue weighted by Crippen LogP contribution is 2.25. The fraction of sp³-hybridized carbons (Fsp3) is 0.278. The second-order valence-corrected chi connectivity index (χ2v) is 5.06. The lowest BCUT2D eigenvalue weighted by atomic mass is 10.1. The molecule has 0 aliphatic heterocycles. The fourth-order valence-corrected chi connectivity index (χ4v) is 2.21. The van der Waals surface area contributed by atoms with Crippen molar-refractivity contribution in [2.75, 3.05) is 32.7 Å². The summed E-state index contributed by atoms with van der Waals surface area (Å²) in [6.45, 7) is 0.919. The molecule has 0 radical (unpaired) electrons. The van der Waals surface area contributed by atoms with E-state index in [1.807, 2.05) is 0 Å². The van der Waals surface area contributed by atoms with Gasteiger partial charge in [-0.15, -0.1) is 12.4 Å². The molecule has 0 heterocycles. The van der Waals surface area contributed by atoms with Crippen molar-refractivity contribution in [2.45, 2.75) is 6.42 Å². The number of halogens is 1. The molecule has 0 fully saturated rings. The Kier molecular flexibility index (Phi) is 8.60. The third-order valence-electron chi connectivity index (χ3n) is 3.36. The topological polar surface area (TPSA) is 82.8 Å². The van der Waals surface area contributed by atoms with Crippen molar-refractivity contribution in [2.24, 2.45) is 5.73 Å². The number of methoxy groups -OCH3 is 2. The van der Waals surface area contributed by atoms with Crippen molar-refractivity contribution in [3.05, 3.63) is 48.0 Å². The maximum absolute atomic E-state index is 12.3. The molecule has 7 heteroatoms. The molecule has 136 valence electrons. The molecule has 0 bridgehead atoms. The van der Waals surface area contributed by atoms with Gasteiger partial charge >= 0.3 is 0 Å². The van der Waals surface area contributed by atoms with Crippen LogP contribution in [0.1, 0.15) is 5.56 Å². The Bertz CT molecular complexity index is 677. The summed E-state index contributed by atoms with van der Waals surface area (Å²) in [5.41, 5.74) is 6.85. The largest absolute Gasteiger partial charge is 0.497 e. The van der Waals surface area contributed by atoms with Gasteiger partial charge in [-0.05, 0) is 42.5 Å². The van der Waals surface area contributed by atoms with Crippen LogP contribution in [0.25, 0.3) is 0 Å². The number of amides is 1. The number of anilines is 1. The van der Waals surface area contributed by atoms with Gasteiger partial charge in [-0.25, -0.2) is 0 Å². The molecule has 2 aromatic carbocycles. The summed E-state index contributed by atoms with van der Waals surface area (Å²) in [5.74, 6) is 1.90. The Morgan fingerprint density at radius 3 is 2.32 bits per heavy atom. The number of ether oxygens (including phenoxy) is 3. The van der Waals surface area contributed by atoms with Crippen molar-refractivity contribution in [1.82, 2.24) is 0 Å². The van der Waals surface area contributed by atoms with Crippen LogP contribution in [0.2, 0.25) is 0 Å². The summed E-state index contributed by atoms with van der Waals surface area (Å²) < 4.78 is 15.9. The zero-order valence-electron chi connectivity index (χ0n) is 14.3. The Morgan fingerprint density at radius 2 is 1.72 bits per heavy atom. The molecule has 0 aromatic heterocycles. The predicted octanol–water partition coefficient (Wildman–Crippen LogP) is 2.64.